The minimum atomic E-state index is -1.73. The fraction of sp³-hybridized carbons (Fsp3) is 0.211. The topological polar surface area (TPSA) is 36.3 Å². The van der Waals surface area contributed by atoms with Crippen molar-refractivity contribution in [3.8, 4) is 11.5 Å². The summed E-state index contributed by atoms with van der Waals surface area (Å²) in [4.78, 5) is 3.98. The van der Waals surface area contributed by atoms with Gasteiger partial charge in [-0.15, -0.1) is 0 Å². The summed E-state index contributed by atoms with van der Waals surface area (Å²) in [7, 11) is 1.58. The summed E-state index contributed by atoms with van der Waals surface area (Å²) < 4.78 is 28.4. The Morgan fingerprint density at radius 3 is 2.36 bits per heavy atom. The Kier molecular flexibility index (Phi) is 5.24. The largest absolute Gasteiger partial charge is 0.497 e. The molecule has 0 aliphatic carbocycles. The van der Waals surface area contributed by atoms with Crippen molar-refractivity contribution < 1.29 is 13.9 Å². The highest BCUT2D eigenvalue weighted by molar-refractivity contribution is 6.30. The van der Waals surface area contributed by atoms with Crippen molar-refractivity contribution in [2.75, 3.05) is 13.7 Å². The highest BCUT2D eigenvalue weighted by Gasteiger charge is 2.34. The zero-order chi connectivity index (χ0) is 17.7. The Bertz CT molecular complexity index is 791. The zero-order valence-corrected chi connectivity index (χ0v) is 14.5. The molecule has 0 spiro atoms. The van der Waals surface area contributed by atoms with Gasteiger partial charge in [0, 0.05) is 17.4 Å². The molecule has 2 aromatic carbocycles. The molecule has 0 amide bonds. The summed E-state index contributed by atoms with van der Waals surface area (Å²) in [6, 6.07) is 13.7. The van der Waals surface area contributed by atoms with E-state index in [1.807, 2.05) is 0 Å². The van der Waals surface area contributed by atoms with Crippen LogP contribution in [0, 0.1) is 0 Å². The fourth-order valence-corrected chi connectivity index (χ4v) is 2.63. The van der Waals surface area contributed by atoms with Gasteiger partial charge in [-0.05, 0) is 42.0 Å². The molecule has 3 rings (SSSR count). The van der Waals surface area contributed by atoms with Gasteiger partial charge in [0.25, 0.3) is 0 Å². The van der Waals surface area contributed by atoms with E-state index in [-0.39, 0.29) is 13.2 Å². The van der Waals surface area contributed by atoms with Gasteiger partial charge >= 0.3 is 0 Å². The molecule has 0 radical (unpaired) electrons. The molecule has 0 saturated heterocycles. The van der Waals surface area contributed by atoms with E-state index in [9.17, 15) is 0 Å². The van der Waals surface area contributed by atoms with E-state index in [2.05, 4.69) is 4.98 Å². The van der Waals surface area contributed by atoms with Gasteiger partial charge in [0.05, 0.1) is 20.0 Å². The molecular formula is C19H18ClFN2O2. The number of ether oxygens (including phenoxy) is 2. The van der Waals surface area contributed by atoms with Crippen molar-refractivity contribution in [2.24, 2.45) is 0 Å². The molecule has 0 bridgehead atoms. The van der Waals surface area contributed by atoms with Gasteiger partial charge in [-0.3, -0.25) is 0 Å². The van der Waals surface area contributed by atoms with Gasteiger partial charge in [-0.25, -0.2) is 9.37 Å². The van der Waals surface area contributed by atoms with Crippen LogP contribution < -0.4 is 9.47 Å². The van der Waals surface area contributed by atoms with Crippen molar-refractivity contribution in [2.45, 2.75) is 12.2 Å². The number of halogens is 2. The predicted octanol–water partition coefficient (Wildman–Crippen LogP) is 4.49. The van der Waals surface area contributed by atoms with Gasteiger partial charge in [0.1, 0.15) is 18.1 Å². The summed E-state index contributed by atoms with van der Waals surface area (Å²) in [5, 5.41) is 0.604. The Morgan fingerprint density at radius 2 is 1.76 bits per heavy atom. The number of nitrogens with zero attached hydrogens (tertiary/aromatic N) is 2. The van der Waals surface area contributed by atoms with Crippen LogP contribution in [0.2, 0.25) is 5.02 Å². The maximum atomic E-state index is 15.8. The van der Waals surface area contributed by atoms with E-state index in [0.717, 1.165) is 0 Å². The van der Waals surface area contributed by atoms with E-state index in [4.69, 9.17) is 21.1 Å². The molecule has 1 atom stereocenters. The average molecular weight is 361 g/mol. The molecule has 1 unspecified atom stereocenters. The van der Waals surface area contributed by atoms with Crippen LogP contribution in [-0.4, -0.2) is 23.3 Å². The Balaban J connectivity index is 1.83. The van der Waals surface area contributed by atoms with Crippen molar-refractivity contribution in [3.05, 3.63) is 77.8 Å². The van der Waals surface area contributed by atoms with Crippen LogP contribution >= 0.6 is 11.6 Å². The van der Waals surface area contributed by atoms with E-state index < -0.39 is 5.67 Å². The molecule has 6 heteroatoms. The number of methoxy groups -OCH3 is 1. The number of imidazole rings is 1. The third kappa shape index (κ3) is 4.31. The second kappa shape index (κ2) is 7.57. The first-order chi connectivity index (χ1) is 12.1. The van der Waals surface area contributed by atoms with Crippen molar-refractivity contribution in [3.63, 3.8) is 0 Å². The first-order valence-electron chi connectivity index (χ1n) is 7.77. The van der Waals surface area contributed by atoms with Gasteiger partial charge in [-0.1, -0.05) is 23.7 Å². The Labute approximate surface area is 150 Å². The molecule has 1 heterocycles. The lowest BCUT2D eigenvalue weighted by Crippen LogP contribution is -2.33. The lowest BCUT2D eigenvalue weighted by Gasteiger charge is -2.26. The quantitative estimate of drug-likeness (QED) is 0.623. The second-order valence-corrected chi connectivity index (χ2v) is 6.11. The summed E-state index contributed by atoms with van der Waals surface area (Å²) in [6.45, 7) is -0.0495. The number of rotatable bonds is 7. The molecule has 25 heavy (non-hydrogen) atoms. The molecule has 0 N–H and O–H groups in total. The van der Waals surface area contributed by atoms with Crippen molar-refractivity contribution >= 4 is 11.6 Å². The number of alkyl halides is 1. The number of hydrogen-bond donors (Lipinski definition) is 0. The summed E-state index contributed by atoms with van der Waals surface area (Å²) in [6.07, 6.45) is 4.93. The summed E-state index contributed by atoms with van der Waals surface area (Å²) >= 11 is 5.87. The first-order valence-corrected chi connectivity index (χ1v) is 8.14. The van der Waals surface area contributed by atoms with Crippen LogP contribution in [0.25, 0.3) is 0 Å². The van der Waals surface area contributed by atoms with E-state index in [0.29, 0.717) is 22.1 Å². The molecule has 130 valence electrons. The highest BCUT2D eigenvalue weighted by atomic mass is 35.5. The van der Waals surface area contributed by atoms with E-state index >= 15 is 4.39 Å². The first kappa shape index (κ1) is 17.3. The normalized spacial score (nSPS) is 13.2. The SMILES string of the molecule is COc1ccc(C(F)(COc2ccc(Cl)cc2)Cn2ccnc2)cc1. The van der Waals surface area contributed by atoms with Crippen LogP contribution in [0.3, 0.4) is 0 Å². The third-order valence-corrected chi connectivity index (χ3v) is 4.13. The van der Waals surface area contributed by atoms with Crippen LogP contribution in [0.1, 0.15) is 5.56 Å². The van der Waals surface area contributed by atoms with Crippen LogP contribution in [0.15, 0.2) is 67.3 Å². The number of hydrogen-bond acceptors (Lipinski definition) is 3. The molecule has 0 fully saturated rings. The third-order valence-electron chi connectivity index (χ3n) is 3.88. The average Bonchev–Trinajstić information content (AvgIpc) is 3.14. The molecule has 3 aromatic rings. The number of aromatic nitrogens is 2. The van der Waals surface area contributed by atoms with Crippen molar-refractivity contribution in [1.29, 1.82) is 0 Å². The monoisotopic (exact) mass is 360 g/mol. The van der Waals surface area contributed by atoms with Gasteiger partial charge in [0.15, 0.2) is 5.67 Å². The highest BCUT2D eigenvalue weighted by Crippen LogP contribution is 2.31. The minimum Gasteiger partial charge on any atom is -0.497 e. The molecular weight excluding hydrogens is 343 g/mol. The summed E-state index contributed by atoms with van der Waals surface area (Å²) in [5.41, 5.74) is -1.22. The fourth-order valence-electron chi connectivity index (χ4n) is 2.51. The molecule has 0 aliphatic rings. The lowest BCUT2D eigenvalue weighted by atomic mass is 9.96. The standard InChI is InChI=1S/C19H18ClFN2O2/c1-24-17-6-2-15(3-7-17)19(21,12-23-11-10-22-14-23)13-25-18-8-4-16(20)5-9-18/h2-11,14H,12-13H2,1H3. The zero-order valence-electron chi connectivity index (χ0n) is 13.7. The maximum Gasteiger partial charge on any atom is 0.187 e. The minimum absolute atomic E-state index is 0.0902. The van der Waals surface area contributed by atoms with Crippen LogP contribution in [0.4, 0.5) is 4.39 Å². The van der Waals surface area contributed by atoms with E-state index in [1.54, 1.807) is 78.9 Å². The predicted molar refractivity (Wildman–Crippen MR) is 95.0 cm³/mol. The van der Waals surface area contributed by atoms with Gasteiger partial charge < -0.3 is 14.0 Å². The van der Waals surface area contributed by atoms with Crippen LogP contribution in [0.5, 0.6) is 11.5 Å². The molecule has 4 nitrogen and oxygen atoms in total. The van der Waals surface area contributed by atoms with Gasteiger partial charge in [-0.2, -0.15) is 0 Å². The molecule has 0 saturated carbocycles. The van der Waals surface area contributed by atoms with Crippen molar-refractivity contribution in [1.82, 2.24) is 9.55 Å². The molecule has 1 aromatic heterocycles. The Morgan fingerprint density at radius 1 is 1.08 bits per heavy atom. The maximum absolute atomic E-state index is 15.8. The van der Waals surface area contributed by atoms with Crippen LogP contribution in [-0.2, 0) is 12.2 Å². The summed E-state index contributed by atoms with van der Waals surface area (Å²) in [5.74, 6) is 1.23. The van der Waals surface area contributed by atoms with E-state index in [1.165, 1.54) is 0 Å². The smallest absolute Gasteiger partial charge is 0.187 e. The number of benzene rings is 2. The lowest BCUT2D eigenvalue weighted by molar-refractivity contribution is 0.0641. The second-order valence-electron chi connectivity index (χ2n) is 5.67. The Hall–Kier alpha value is -2.53. The molecule has 0 aliphatic heterocycles. The van der Waals surface area contributed by atoms with Gasteiger partial charge in [0.2, 0.25) is 0 Å².